The van der Waals surface area contributed by atoms with Crippen LogP contribution in [0.3, 0.4) is 0 Å². The van der Waals surface area contributed by atoms with E-state index >= 15 is 0 Å². The van der Waals surface area contributed by atoms with E-state index in [4.69, 9.17) is 9.47 Å². The van der Waals surface area contributed by atoms with Gasteiger partial charge in [-0.05, 0) is 48.7 Å². The molecule has 0 saturated heterocycles. The van der Waals surface area contributed by atoms with Gasteiger partial charge in [0, 0.05) is 32.2 Å². The first-order valence-electron chi connectivity index (χ1n) is 9.63. The Balaban J connectivity index is 0.00000450. The Morgan fingerprint density at radius 2 is 1.73 bits per heavy atom. The van der Waals surface area contributed by atoms with Gasteiger partial charge in [-0.15, -0.1) is 24.0 Å². The highest BCUT2D eigenvalue weighted by atomic mass is 127. The standard InChI is InChI=1S/C22H30N4O3.HI/c1-5-24-21(27)18-8-6-7-17(13-18)15-26-22(23-2)25-12-11-16-9-10-19(28-3)20(14-16)29-4;/h6-10,13-14H,5,11-12,15H2,1-4H3,(H,24,27)(H2,23,25,26);1H. The van der Waals surface area contributed by atoms with Crippen LogP contribution < -0.4 is 25.4 Å². The van der Waals surface area contributed by atoms with E-state index in [0.29, 0.717) is 31.2 Å². The molecular weight excluding hydrogens is 495 g/mol. The number of benzene rings is 2. The lowest BCUT2D eigenvalue weighted by atomic mass is 10.1. The van der Waals surface area contributed by atoms with Crippen molar-refractivity contribution in [2.75, 3.05) is 34.4 Å². The number of carbonyl (C=O) groups excluding carboxylic acids is 1. The number of halogens is 1. The minimum atomic E-state index is -0.0632. The van der Waals surface area contributed by atoms with Crippen molar-refractivity contribution in [3.8, 4) is 11.5 Å². The van der Waals surface area contributed by atoms with Crippen molar-refractivity contribution < 1.29 is 14.3 Å². The van der Waals surface area contributed by atoms with Crippen molar-refractivity contribution >= 4 is 35.8 Å². The van der Waals surface area contributed by atoms with Crippen LogP contribution in [0.2, 0.25) is 0 Å². The van der Waals surface area contributed by atoms with E-state index in [0.717, 1.165) is 29.0 Å². The summed E-state index contributed by atoms with van der Waals surface area (Å²) in [5.74, 6) is 2.08. The van der Waals surface area contributed by atoms with Crippen LogP contribution in [-0.4, -0.2) is 46.2 Å². The van der Waals surface area contributed by atoms with Gasteiger partial charge in [-0.2, -0.15) is 0 Å². The summed E-state index contributed by atoms with van der Waals surface area (Å²) < 4.78 is 10.6. The quantitative estimate of drug-likeness (QED) is 0.266. The number of methoxy groups -OCH3 is 2. The van der Waals surface area contributed by atoms with Crippen LogP contribution in [0.15, 0.2) is 47.5 Å². The zero-order valence-corrected chi connectivity index (χ0v) is 20.3. The molecule has 0 aromatic heterocycles. The SMILES string of the molecule is CCNC(=O)c1cccc(CNC(=NC)NCCc2ccc(OC)c(OC)c2)c1.I. The van der Waals surface area contributed by atoms with Crippen molar-refractivity contribution in [3.63, 3.8) is 0 Å². The third-order valence-corrected chi connectivity index (χ3v) is 4.36. The van der Waals surface area contributed by atoms with Gasteiger partial charge in [0.2, 0.25) is 0 Å². The third-order valence-electron chi connectivity index (χ3n) is 4.36. The molecule has 0 bridgehead atoms. The minimum absolute atomic E-state index is 0. The number of hydrogen-bond acceptors (Lipinski definition) is 4. The largest absolute Gasteiger partial charge is 0.493 e. The van der Waals surface area contributed by atoms with E-state index in [-0.39, 0.29) is 29.9 Å². The molecule has 164 valence electrons. The molecule has 0 radical (unpaired) electrons. The fourth-order valence-corrected chi connectivity index (χ4v) is 2.85. The van der Waals surface area contributed by atoms with Crippen molar-refractivity contribution in [1.82, 2.24) is 16.0 Å². The van der Waals surface area contributed by atoms with Crippen molar-refractivity contribution in [2.24, 2.45) is 4.99 Å². The lowest BCUT2D eigenvalue weighted by Gasteiger charge is -2.13. The highest BCUT2D eigenvalue weighted by Crippen LogP contribution is 2.27. The van der Waals surface area contributed by atoms with Crippen LogP contribution in [0, 0.1) is 0 Å². The molecule has 0 atom stereocenters. The molecule has 2 rings (SSSR count). The van der Waals surface area contributed by atoms with Gasteiger partial charge in [0.25, 0.3) is 5.91 Å². The average molecular weight is 526 g/mol. The second-order valence-electron chi connectivity index (χ2n) is 6.35. The summed E-state index contributed by atoms with van der Waals surface area (Å²) in [4.78, 5) is 16.2. The van der Waals surface area contributed by atoms with Gasteiger partial charge in [0.1, 0.15) is 0 Å². The Morgan fingerprint density at radius 3 is 2.40 bits per heavy atom. The topological polar surface area (TPSA) is 84.0 Å². The number of amides is 1. The molecule has 30 heavy (non-hydrogen) atoms. The summed E-state index contributed by atoms with van der Waals surface area (Å²) in [7, 11) is 4.99. The molecule has 8 heteroatoms. The molecule has 0 aliphatic carbocycles. The molecule has 0 aliphatic heterocycles. The van der Waals surface area contributed by atoms with Crippen LogP contribution in [0.4, 0.5) is 0 Å². The maximum atomic E-state index is 12.0. The number of rotatable bonds is 9. The lowest BCUT2D eigenvalue weighted by Crippen LogP contribution is -2.37. The summed E-state index contributed by atoms with van der Waals surface area (Å²) in [6.07, 6.45) is 0.813. The second kappa shape index (κ2) is 13.7. The van der Waals surface area contributed by atoms with Gasteiger partial charge in [-0.1, -0.05) is 18.2 Å². The Kier molecular flexibility index (Phi) is 11.7. The van der Waals surface area contributed by atoms with Gasteiger partial charge in [0.15, 0.2) is 17.5 Å². The predicted octanol–water partition coefficient (Wildman–Crippen LogP) is 2.98. The number of hydrogen-bond donors (Lipinski definition) is 3. The van der Waals surface area contributed by atoms with Crippen molar-refractivity contribution in [3.05, 3.63) is 59.2 Å². The number of aliphatic imine (C=N–C) groups is 1. The number of nitrogens with one attached hydrogen (secondary N) is 3. The second-order valence-corrected chi connectivity index (χ2v) is 6.35. The molecule has 1 amide bonds. The summed E-state index contributed by atoms with van der Waals surface area (Å²) in [5, 5.41) is 9.38. The molecule has 2 aromatic rings. The number of carbonyl (C=O) groups is 1. The first-order valence-corrected chi connectivity index (χ1v) is 9.63. The fraction of sp³-hybridized carbons (Fsp3) is 0.364. The lowest BCUT2D eigenvalue weighted by molar-refractivity contribution is 0.0955. The van der Waals surface area contributed by atoms with E-state index in [2.05, 4.69) is 20.9 Å². The van der Waals surface area contributed by atoms with Gasteiger partial charge in [-0.25, -0.2) is 0 Å². The highest BCUT2D eigenvalue weighted by molar-refractivity contribution is 14.0. The summed E-state index contributed by atoms with van der Waals surface area (Å²) in [5.41, 5.74) is 2.80. The summed E-state index contributed by atoms with van der Waals surface area (Å²) in [6, 6.07) is 13.5. The van der Waals surface area contributed by atoms with Crippen LogP contribution in [-0.2, 0) is 13.0 Å². The molecule has 0 heterocycles. The third kappa shape index (κ3) is 7.74. The molecule has 3 N–H and O–H groups in total. The van der Waals surface area contributed by atoms with Gasteiger partial charge in [0.05, 0.1) is 14.2 Å². The van der Waals surface area contributed by atoms with Crippen LogP contribution in [0.25, 0.3) is 0 Å². The molecule has 0 fully saturated rings. The number of nitrogens with zero attached hydrogens (tertiary/aromatic N) is 1. The Labute approximate surface area is 195 Å². The van der Waals surface area contributed by atoms with Crippen LogP contribution >= 0.6 is 24.0 Å². The molecule has 2 aromatic carbocycles. The highest BCUT2D eigenvalue weighted by Gasteiger charge is 2.07. The summed E-state index contributed by atoms with van der Waals surface area (Å²) in [6.45, 7) is 3.80. The molecular formula is C22H31IN4O3. The Morgan fingerprint density at radius 1 is 0.967 bits per heavy atom. The van der Waals surface area contributed by atoms with Crippen molar-refractivity contribution in [2.45, 2.75) is 19.9 Å². The minimum Gasteiger partial charge on any atom is -0.493 e. The van der Waals surface area contributed by atoms with E-state index in [9.17, 15) is 4.79 Å². The number of ether oxygens (including phenoxy) is 2. The Bertz CT molecular complexity index is 843. The zero-order chi connectivity index (χ0) is 21.1. The van der Waals surface area contributed by atoms with E-state index in [1.807, 2.05) is 49.4 Å². The monoisotopic (exact) mass is 526 g/mol. The Hall–Kier alpha value is -2.49. The van der Waals surface area contributed by atoms with E-state index in [1.165, 1.54) is 0 Å². The fourth-order valence-electron chi connectivity index (χ4n) is 2.85. The zero-order valence-electron chi connectivity index (χ0n) is 18.0. The number of guanidine groups is 1. The van der Waals surface area contributed by atoms with Crippen LogP contribution in [0.1, 0.15) is 28.4 Å². The molecule has 7 nitrogen and oxygen atoms in total. The first kappa shape index (κ1) is 25.5. The van der Waals surface area contributed by atoms with Crippen molar-refractivity contribution in [1.29, 1.82) is 0 Å². The molecule has 0 aliphatic rings. The van der Waals surface area contributed by atoms with Gasteiger partial charge < -0.3 is 25.4 Å². The van der Waals surface area contributed by atoms with Gasteiger partial charge in [-0.3, -0.25) is 9.79 Å². The predicted molar refractivity (Wildman–Crippen MR) is 131 cm³/mol. The van der Waals surface area contributed by atoms with E-state index < -0.39 is 0 Å². The normalized spacial score (nSPS) is 10.6. The van der Waals surface area contributed by atoms with E-state index in [1.54, 1.807) is 21.3 Å². The maximum Gasteiger partial charge on any atom is 0.251 e. The van der Waals surface area contributed by atoms with Gasteiger partial charge >= 0.3 is 0 Å². The smallest absolute Gasteiger partial charge is 0.251 e. The van der Waals surface area contributed by atoms with Crippen LogP contribution in [0.5, 0.6) is 11.5 Å². The molecule has 0 saturated carbocycles. The first-order chi connectivity index (χ1) is 14.1. The maximum absolute atomic E-state index is 12.0. The average Bonchev–Trinajstić information content (AvgIpc) is 2.76. The molecule has 0 unspecified atom stereocenters. The summed E-state index contributed by atoms with van der Waals surface area (Å²) >= 11 is 0. The molecule has 0 spiro atoms.